The summed E-state index contributed by atoms with van der Waals surface area (Å²) in [5, 5.41) is -0.0951. The molecular weight excluding hydrogens is 622 g/mol. The van der Waals surface area contributed by atoms with Crippen LogP contribution >= 0.6 is 11.6 Å². The Labute approximate surface area is 266 Å². The lowest BCUT2D eigenvalue weighted by Crippen LogP contribution is -2.57. The Kier molecular flexibility index (Phi) is 7.39. The van der Waals surface area contributed by atoms with Gasteiger partial charge in [-0.2, -0.15) is 0 Å². The van der Waals surface area contributed by atoms with E-state index in [-0.39, 0.29) is 62.1 Å². The molecule has 2 aromatic heterocycles. The van der Waals surface area contributed by atoms with Gasteiger partial charge in [-0.25, -0.2) is 9.78 Å². The third-order valence-corrected chi connectivity index (χ3v) is 8.95. The number of nitrogens with zero attached hydrogens (tertiary/aromatic N) is 3. The van der Waals surface area contributed by atoms with Gasteiger partial charge in [0.2, 0.25) is 17.2 Å². The third kappa shape index (κ3) is 4.21. The zero-order valence-corrected chi connectivity index (χ0v) is 26.4. The maximum Gasteiger partial charge on any atom is 0.332 e. The monoisotopic (exact) mass is 649 g/mol. The molecule has 238 valence electrons. The van der Waals surface area contributed by atoms with Crippen LogP contribution in [0, 0.1) is 5.92 Å². The molecule has 14 heteroatoms. The molecule has 6 rings (SSSR count). The largest absolute Gasteiger partial charge is 0.496 e. The smallest absolute Gasteiger partial charge is 0.332 e. The zero-order valence-electron chi connectivity index (χ0n) is 25.7. The highest BCUT2D eigenvalue weighted by atomic mass is 35.5. The zero-order chi connectivity index (χ0) is 33.2. The number of methoxy groups -OCH3 is 4. The topological polar surface area (TPSA) is 154 Å². The van der Waals surface area contributed by atoms with E-state index in [1.54, 1.807) is 6.92 Å². The number of ketones is 3. The summed E-state index contributed by atoms with van der Waals surface area (Å²) in [5.74, 6) is -1.67. The van der Waals surface area contributed by atoms with Gasteiger partial charge in [-0.15, -0.1) is 0 Å². The minimum absolute atomic E-state index is 0.00277. The van der Waals surface area contributed by atoms with E-state index >= 15 is 0 Å². The second-order valence-electron chi connectivity index (χ2n) is 11.0. The van der Waals surface area contributed by atoms with Crippen molar-refractivity contribution in [2.75, 3.05) is 28.4 Å². The molecule has 2 aliphatic rings. The Morgan fingerprint density at radius 3 is 2.28 bits per heavy atom. The van der Waals surface area contributed by atoms with Gasteiger partial charge in [0.25, 0.3) is 5.56 Å². The maximum atomic E-state index is 14.3. The fraction of sp³-hybridized carbons (Fsp3) is 0.312. The standard InChI is InChI=1S/C32H28ClN3O10/c1-14-9-18-16(27(38)32(14)28(39)24-22(44-5)12-23(45-6)25(33)26(24)46-32)11-17-29(34-18)35(2)31(41)36(30(17)40)13-19(37)15-7-8-20(42-3)21(10-15)43-4/h7-8,10-12,14H,9,13H2,1-6H3/t14-,32+/m1/s1. The minimum Gasteiger partial charge on any atom is -0.496 e. The number of ether oxygens (including phenoxy) is 5. The van der Waals surface area contributed by atoms with Crippen molar-refractivity contribution in [2.45, 2.75) is 25.5 Å². The molecule has 13 nitrogen and oxygen atoms in total. The molecule has 0 unspecified atom stereocenters. The predicted molar refractivity (Wildman–Crippen MR) is 165 cm³/mol. The number of aromatic nitrogens is 3. The number of fused-ring (bicyclic) bond motifs is 3. The molecule has 3 heterocycles. The Bertz CT molecular complexity index is 2140. The average molecular weight is 650 g/mol. The number of halogens is 1. The molecule has 4 aromatic rings. The van der Waals surface area contributed by atoms with Gasteiger partial charge in [0.15, 0.2) is 23.0 Å². The lowest BCUT2D eigenvalue weighted by Gasteiger charge is -2.36. The van der Waals surface area contributed by atoms with Crippen LogP contribution in [0.5, 0.6) is 28.7 Å². The van der Waals surface area contributed by atoms with Crippen LogP contribution in [-0.4, -0.2) is 65.5 Å². The number of benzene rings is 2. The van der Waals surface area contributed by atoms with Crippen molar-refractivity contribution in [2.24, 2.45) is 13.0 Å². The van der Waals surface area contributed by atoms with Crippen molar-refractivity contribution in [3.8, 4) is 28.7 Å². The molecule has 0 saturated heterocycles. The van der Waals surface area contributed by atoms with Crippen LogP contribution < -0.4 is 34.9 Å². The summed E-state index contributed by atoms with van der Waals surface area (Å²) in [6, 6.07) is 7.21. The molecule has 2 atom stereocenters. The lowest BCUT2D eigenvalue weighted by atomic mass is 9.71. The Balaban J connectivity index is 1.46. The molecule has 1 spiro atoms. The van der Waals surface area contributed by atoms with Crippen molar-refractivity contribution in [1.82, 2.24) is 14.1 Å². The van der Waals surface area contributed by atoms with Crippen LogP contribution in [0.15, 0.2) is 39.9 Å². The van der Waals surface area contributed by atoms with Crippen LogP contribution in [0.1, 0.15) is 43.7 Å². The van der Waals surface area contributed by atoms with Gasteiger partial charge in [0.1, 0.15) is 27.7 Å². The molecule has 1 aliphatic heterocycles. The number of hydrogen-bond acceptors (Lipinski definition) is 11. The number of carbonyl (C=O) groups is 3. The average Bonchev–Trinajstić information content (AvgIpc) is 3.38. The van der Waals surface area contributed by atoms with Gasteiger partial charge in [-0.3, -0.25) is 28.3 Å². The van der Waals surface area contributed by atoms with Crippen LogP contribution in [0.2, 0.25) is 5.02 Å². The van der Waals surface area contributed by atoms with Gasteiger partial charge in [0.05, 0.1) is 46.1 Å². The fourth-order valence-electron chi connectivity index (χ4n) is 6.13. The summed E-state index contributed by atoms with van der Waals surface area (Å²) in [6.07, 6.45) is 0.100. The molecular formula is C32H28ClN3O10. The molecule has 0 N–H and O–H groups in total. The number of carbonyl (C=O) groups excluding carboxylic acids is 3. The number of aryl methyl sites for hydroxylation is 1. The minimum atomic E-state index is -2.02. The molecule has 0 saturated carbocycles. The van der Waals surface area contributed by atoms with Crippen molar-refractivity contribution >= 4 is 40.0 Å². The van der Waals surface area contributed by atoms with Crippen LogP contribution in [0.3, 0.4) is 0 Å². The molecule has 1 aliphatic carbocycles. The Morgan fingerprint density at radius 1 is 0.957 bits per heavy atom. The third-order valence-electron chi connectivity index (χ3n) is 8.59. The Morgan fingerprint density at radius 2 is 1.63 bits per heavy atom. The van der Waals surface area contributed by atoms with E-state index in [2.05, 4.69) is 4.98 Å². The highest BCUT2D eigenvalue weighted by Crippen LogP contribution is 2.53. The summed E-state index contributed by atoms with van der Waals surface area (Å²) >= 11 is 6.51. The normalized spacial score (nSPS) is 18.3. The van der Waals surface area contributed by atoms with Gasteiger partial charge in [0, 0.05) is 30.2 Å². The van der Waals surface area contributed by atoms with E-state index in [0.29, 0.717) is 11.5 Å². The van der Waals surface area contributed by atoms with Crippen LogP contribution in [-0.2, 0) is 20.0 Å². The first kappa shape index (κ1) is 30.8. The summed E-state index contributed by atoms with van der Waals surface area (Å²) in [6.45, 7) is 1.07. The van der Waals surface area contributed by atoms with E-state index in [1.807, 2.05) is 0 Å². The second-order valence-corrected chi connectivity index (χ2v) is 11.4. The highest BCUT2D eigenvalue weighted by molar-refractivity contribution is 6.36. The molecule has 0 fully saturated rings. The fourth-order valence-corrected chi connectivity index (χ4v) is 6.39. The number of Topliss-reactive ketones (excluding diaryl/α,β-unsaturated/α-hetero) is 3. The maximum absolute atomic E-state index is 14.3. The van der Waals surface area contributed by atoms with E-state index in [1.165, 1.54) is 65.8 Å². The number of rotatable bonds is 7. The quantitative estimate of drug-likeness (QED) is 0.214. The van der Waals surface area contributed by atoms with E-state index < -0.39 is 46.7 Å². The van der Waals surface area contributed by atoms with Gasteiger partial charge >= 0.3 is 5.69 Å². The van der Waals surface area contributed by atoms with Crippen molar-refractivity contribution in [1.29, 1.82) is 0 Å². The Hall–Kier alpha value is -5.17. The number of hydrogen-bond donors (Lipinski definition) is 0. The summed E-state index contributed by atoms with van der Waals surface area (Å²) in [4.78, 5) is 73.2. The van der Waals surface area contributed by atoms with Gasteiger partial charge < -0.3 is 23.7 Å². The van der Waals surface area contributed by atoms with Crippen LogP contribution in [0.4, 0.5) is 0 Å². The highest BCUT2D eigenvalue weighted by Gasteiger charge is 2.62. The van der Waals surface area contributed by atoms with E-state index in [9.17, 15) is 24.0 Å². The first-order chi connectivity index (χ1) is 21.9. The first-order valence-corrected chi connectivity index (χ1v) is 14.4. The molecule has 46 heavy (non-hydrogen) atoms. The summed E-state index contributed by atoms with van der Waals surface area (Å²) in [7, 11) is 7.04. The molecule has 2 aromatic carbocycles. The molecule has 0 bridgehead atoms. The molecule has 0 amide bonds. The van der Waals surface area contributed by atoms with E-state index in [4.69, 9.17) is 35.3 Å². The second kappa shape index (κ2) is 11.0. The summed E-state index contributed by atoms with van der Waals surface area (Å²) in [5.41, 5.74) is -3.15. The molecule has 0 radical (unpaired) electrons. The van der Waals surface area contributed by atoms with Gasteiger partial charge in [-0.1, -0.05) is 18.5 Å². The van der Waals surface area contributed by atoms with E-state index in [0.717, 1.165) is 9.13 Å². The van der Waals surface area contributed by atoms with Gasteiger partial charge in [-0.05, 0) is 30.7 Å². The van der Waals surface area contributed by atoms with Crippen molar-refractivity contribution in [3.05, 3.63) is 78.6 Å². The lowest BCUT2D eigenvalue weighted by molar-refractivity contribution is 0.0257. The van der Waals surface area contributed by atoms with Crippen molar-refractivity contribution in [3.63, 3.8) is 0 Å². The summed E-state index contributed by atoms with van der Waals surface area (Å²) < 4.78 is 29.3. The van der Waals surface area contributed by atoms with Crippen LogP contribution in [0.25, 0.3) is 11.0 Å². The predicted octanol–water partition coefficient (Wildman–Crippen LogP) is 3.05. The van der Waals surface area contributed by atoms with Crippen molar-refractivity contribution < 1.29 is 38.1 Å². The number of pyridine rings is 1. The first-order valence-electron chi connectivity index (χ1n) is 14.0. The SMILES string of the molecule is COc1ccc(C(=O)Cn2c(=O)c3cc4c(nc3n(C)c2=O)C[C@@H](C)[C@]2(Oc3c(Cl)c(OC)cc(OC)c3C2=O)C4=O)cc1OC.